The molecule has 0 atom stereocenters. The van der Waals surface area contributed by atoms with Crippen LogP contribution in [0.2, 0.25) is 0 Å². The van der Waals surface area contributed by atoms with E-state index in [4.69, 9.17) is 15.2 Å². The van der Waals surface area contributed by atoms with Crippen molar-refractivity contribution in [2.24, 2.45) is 5.73 Å². The molecule has 0 radical (unpaired) electrons. The van der Waals surface area contributed by atoms with Crippen LogP contribution in [0.3, 0.4) is 0 Å². The Morgan fingerprint density at radius 3 is 2.32 bits per heavy atom. The molecule has 0 spiro atoms. The van der Waals surface area contributed by atoms with Gasteiger partial charge in [0.05, 0.1) is 11.1 Å². The van der Waals surface area contributed by atoms with E-state index in [1.807, 2.05) is 20.8 Å². The average Bonchev–Trinajstić information content (AvgIpc) is 2.23. The molecule has 2 rings (SSSR count). The summed E-state index contributed by atoms with van der Waals surface area (Å²) in [6.07, 6.45) is 0.668. The summed E-state index contributed by atoms with van der Waals surface area (Å²) < 4.78 is 10.5. The van der Waals surface area contributed by atoms with E-state index in [0.29, 0.717) is 39.1 Å². The summed E-state index contributed by atoms with van der Waals surface area (Å²) in [5.74, 6) is 0. The van der Waals surface area contributed by atoms with Gasteiger partial charge in [-0.3, -0.25) is 0 Å². The lowest BCUT2D eigenvalue weighted by Crippen LogP contribution is -2.79. The summed E-state index contributed by atoms with van der Waals surface area (Å²) in [5.41, 5.74) is 4.05. The van der Waals surface area contributed by atoms with Gasteiger partial charge in [0, 0.05) is 39.1 Å². The molecule has 2 fully saturated rings. The third-order valence-electron chi connectivity index (χ3n) is 3.84. The number of nitrogens with two attached hydrogens (primary N) is 1. The minimum Gasteiger partial charge on any atom is -0.444 e. The van der Waals surface area contributed by atoms with E-state index < -0.39 is 16.7 Å². The van der Waals surface area contributed by atoms with E-state index in [9.17, 15) is 9.90 Å². The molecule has 110 valence electrons. The molecule has 0 unspecified atom stereocenters. The second-order valence-corrected chi connectivity index (χ2v) is 6.64. The van der Waals surface area contributed by atoms with Crippen molar-refractivity contribution in [2.45, 2.75) is 50.4 Å². The molecule has 0 aliphatic carbocycles. The van der Waals surface area contributed by atoms with Crippen LogP contribution in [-0.2, 0) is 9.47 Å². The van der Waals surface area contributed by atoms with Crippen molar-refractivity contribution in [3.8, 4) is 0 Å². The molecule has 0 aromatic rings. The molecule has 0 aromatic heterocycles. The van der Waals surface area contributed by atoms with Crippen LogP contribution in [-0.4, -0.2) is 59.1 Å². The van der Waals surface area contributed by atoms with Gasteiger partial charge in [-0.1, -0.05) is 0 Å². The van der Waals surface area contributed by atoms with Crippen LogP contribution in [0.5, 0.6) is 0 Å². The number of rotatable bonds is 1. The van der Waals surface area contributed by atoms with Gasteiger partial charge < -0.3 is 25.2 Å². The Morgan fingerprint density at radius 1 is 1.32 bits per heavy atom. The third-order valence-corrected chi connectivity index (χ3v) is 3.84. The number of carbonyl (C=O) groups is 1. The van der Waals surface area contributed by atoms with Crippen LogP contribution >= 0.6 is 0 Å². The van der Waals surface area contributed by atoms with Crippen molar-refractivity contribution >= 4 is 6.09 Å². The first kappa shape index (κ1) is 14.6. The standard InChI is InChI=1S/C13H24N2O4/c1-11(2,3)19-10(16)15-8-12(14,9-15)13(17)4-6-18-7-5-13/h17H,4-9,14H2,1-3H3. The zero-order chi connectivity index (χ0) is 14.3. The van der Waals surface area contributed by atoms with E-state index in [2.05, 4.69) is 0 Å². The monoisotopic (exact) mass is 272 g/mol. The van der Waals surface area contributed by atoms with Gasteiger partial charge in [0.2, 0.25) is 0 Å². The molecule has 2 heterocycles. The average molecular weight is 272 g/mol. The van der Waals surface area contributed by atoms with E-state index in [1.54, 1.807) is 4.90 Å². The van der Waals surface area contributed by atoms with Crippen LogP contribution in [0, 0.1) is 0 Å². The van der Waals surface area contributed by atoms with Gasteiger partial charge in [0.15, 0.2) is 0 Å². The number of aliphatic hydroxyl groups is 1. The molecular weight excluding hydrogens is 248 g/mol. The topological polar surface area (TPSA) is 85.0 Å². The lowest BCUT2D eigenvalue weighted by molar-refractivity contribution is -0.149. The molecule has 0 saturated carbocycles. The van der Waals surface area contributed by atoms with Gasteiger partial charge in [0.25, 0.3) is 0 Å². The lowest BCUT2D eigenvalue weighted by atomic mass is 9.70. The second kappa shape index (κ2) is 4.61. The van der Waals surface area contributed by atoms with Gasteiger partial charge in [-0.05, 0) is 20.8 Å². The van der Waals surface area contributed by atoms with Crippen LogP contribution in [0.1, 0.15) is 33.6 Å². The van der Waals surface area contributed by atoms with Crippen molar-refractivity contribution < 1.29 is 19.4 Å². The minimum absolute atomic E-state index is 0.332. The van der Waals surface area contributed by atoms with E-state index in [1.165, 1.54) is 0 Å². The maximum atomic E-state index is 11.9. The number of likely N-dealkylation sites (tertiary alicyclic amines) is 1. The van der Waals surface area contributed by atoms with Gasteiger partial charge >= 0.3 is 6.09 Å². The van der Waals surface area contributed by atoms with Crippen LogP contribution in [0.25, 0.3) is 0 Å². The van der Waals surface area contributed by atoms with Gasteiger partial charge in [0.1, 0.15) is 5.60 Å². The predicted molar refractivity (Wildman–Crippen MR) is 69.7 cm³/mol. The Balaban J connectivity index is 1.92. The molecule has 0 aromatic carbocycles. The number of carbonyl (C=O) groups excluding carboxylic acids is 1. The Labute approximate surface area is 113 Å². The van der Waals surface area contributed by atoms with Crippen molar-refractivity contribution in [3.05, 3.63) is 0 Å². The maximum Gasteiger partial charge on any atom is 0.410 e. The zero-order valence-corrected chi connectivity index (χ0v) is 11.9. The quantitative estimate of drug-likeness (QED) is 0.725. The highest BCUT2D eigenvalue weighted by Crippen LogP contribution is 2.37. The molecule has 6 heteroatoms. The number of amides is 1. The summed E-state index contributed by atoms with van der Waals surface area (Å²) in [5, 5.41) is 10.6. The fraction of sp³-hybridized carbons (Fsp3) is 0.923. The predicted octanol–water partition coefficient (Wildman–Crippen LogP) is 0.476. The summed E-state index contributed by atoms with van der Waals surface area (Å²) in [6.45, 7) is 7.17. The smallest absolute Gasteiger partial charge is 0.410 e. The summed E-state index contributed by atoms with van der Waals surface area (Å²) >= 11 is 0. The first-order valence-corrected chi connectivity index (χ1v) is 6.72. The number of nitrogens with zero attached hydrogens (tertiary/aromatic N) is 1. The van der Waals surface area contributed by atoms with Crippen LogP contribution in [0.4, 0.5) is 4.79 Å². The number of ether oxygens (including phenoxy) is 2. The van der Waals surface area contributed by atoms with Gasteiger partial charge in [-0.25, -0.2) is 4.79 Å². The molecule has 2 saturated heterocycles. The summed E-state index contributed by atoms with van der Waals surface area (Å²) in [7, 11) is 0. The third kappa shape index (κ3) is 2.85. The largest absolute Gasteiger partial charge is 0.444 e. The normalized spacial score (nSPS) is 25.6. The SMILES string of the molecule is CC(C)(C)OC(=O)N1CC(N)(C2(O)CCOCC2)C1. The van der Waals surface area contributed by atoms with Crippen molar-refractivity contribution in [1.29, 1.82) is 0 Å². The fourth-order valence-electron chi connectivity index (χ4n) is 2.59. The fourth-order valence-corrected chi connectivity index (χ4v) is 2.59. The highest BCUT2D eigenvalue weighted by Gasteiger charge is 2.57. The lowest BCUT2D eigenvalue weighted by Gasteiger charge is -2.56. The van der Waals surface area contributed by atoms with E-state index in [-0.39, 0.29) is 6.09 Å². The van der Waals surface area contributed by atoms with Crippen molar-refractivity contribution in [1.82, 2.24) is 4.90 Å². The molecule has 6 nitrogen and oxygen atoms in total. The van der Waals surface area contributed by atoms with E-state index in [0.717, 1.165) is 0 Å². The zero-order valence-electron chi connectivity index (χ0n) is 11.9. The van der Waals surface area contributed by atoms with E-state index >= 15 is 0 Å². The highest BCUT2D eigenvalue weighted by molar-refractivity contribution is 5.70. The van der Waals surface area contributed by atoms with Crippen molar-refractivity contribution in [3.63, 3.8) is 0 Å². The minimum atomic E-state index is -0.941. The summed E-state index contributed by atoms with van der Waals surface area (Å²) in [4.78, 5) is 13.4. The molecule has 2 aliphatic rings. The number of hydrogen-bond acceptors (Lipinski definition) is 5. The Morgan fingerprint density at radius 2 is 1.84 bits per heavy atom. The molecular formula is C13H24N2O4. The Hall–Kier alpha value is -0.850. The van der Waals surface area contributed by atoms with Crippen LogP contribution in [0.15, 0.2) is 0 Å². The summed E-state index contributed by atoms with van der Waals surface area (Å²) in [6, 6.07) is 0. The van der Waals surface area contributed by atoms with Crippen molar-refractivity contribution in [2.75, 3.05) is 26.3 Å². The Kier molecular flexibility index (Phi) is 3.53. The first-order valence-electron chi connectivity index (χ1n) is 6.72. The number of hydrogen-bond donors (Lipinski definition) is 2. The van der Waals surface area contributed by atoms with Crippen LogP contribution < -0.4 is 5.73 Å². The first-order chi connectivity index (χ1) is 8.65. The van der Waals surface area contributed by atoms with Gasteiger partial charge in [-0.15, -0.1) is 0 Å². The molecule has 0 bridgehead atoms. The highest BCUT2D eigenvalue weighted by atomic mass is 16.6. The molecule has 19 heavy (non-hydrogen) atoms. The Bertz CT molecular complexity index is 352. The molecule has 1 amide bonds. The van der Waals surface area contributed by atoms with Gasteiger partial charge in [-0.2, -0.15) is 0 Å². The second-order valence-electron chi connectivity index (χ2n) is 6.64. The maximum absolute atomic E-state index is 11.9. The molecule has 2 aliphatic heterocycles. The molecule has 3 N–H and O–H groups in total.